The lowest BCUT2D eigenvalue weighted by atomic mass is 9.66. The van der Waals surface area contributed by atoms with Gasteiger partial charge in [-0.2, -0.15) is 0 Å². The van der Waals surface area contributed by atoms with Crippen molar-refractivity contribution in [1.29, 1.82) is 0 Å². The van der Waals surface area contributed by atoms with Gasteiger partial charge in [-0.15, -0.1) is 0 Å². The van der Waals surface area contributed by atoms with Gasteiger partial charge in [0.2, 0.25) is 0 Å². The van der Waals surface area contributed by atoms with Crippen LogP contribution in [0.3, 0.4) is 0 Å². The highest BCUT2D eigenvalue weighted by molar-refractivity contribution is 4.93. The van der Waals surface area contributed by atoms with E-state index >= 15 is 0 Å². The van der Waals surface area contributed by atoms with Crippen molar-refractivity contribution in [3.05, 3.63) is 6.42 Å². The average Bonchev–Trinajstić information content (AvgIpc) is 1.72. The Balaban J connectivity index is 1.92. The second-order valence-electron chi connectivity index (χ2n) is 3.17. The lowest BCUT2D eigenvalue weighted by molar-refractivity contribution is 0.163. The van der Waals surface area contributed by atoms with Crippen LogP contribution in [0.25, 0.3) is 0 Å². The Morgan fingerprint density at radius 1 is 1.12 bits per heavy atom. The predicted octanol–water partition coefficient (Wildman–Crippen LogP) is 2.40. The van der Waals surface area contributed by atoms with E-state index in [9.17, 15) is 0 Å². The van der Waals surface area contributed by atoms with E-state index in [1.165, 1.54) is 32.1 Å². The van der Waals surface area contributed by atoms with Gasteiger partial charge in [-0.05, 0) is 37.5 Å². The summed E-state index contributed by atoms with van der Waals surface area (Å²) in [6.07, 6.45) is 9.98. The van der Waals surface area contributed by atoms with Gasteiger partial charge in [0.25, 0.3) is 0 Å². The molecule has 2 fully saturated rings. The van der Waals surface area contributed by atoms with E-state index in [4.69, 9.17) is 0 Å². The van der Waals surface area contributed by atoms with Crippen molar-refractivity contribution in [2.45, 2.75) is 32.1 Å². The van der Waals surface area contributed by atoms with Crippen LogP contribution in [-0.4, -0.2) is 0 Å². The lowest BCUT2D eigenvalue weighted by Gasteiger charge is -2.40. The summed E-state index contributed by atoms with van der Waals surface area (Å²) >= 11 is 0. The fraction of sp³-hybridized carbons (Fsp3) is 0.875. The molecule has 0 aromatic carbocycles. The molecule has 0 aliphatic heterocycles. The monoisotopic (exact) mass is 109 g/mol. The van der Waals surface area contributed by atoms with Gasteiger partial charge >= 0.3 is 0 Å². The number of fused-ring (bicyclic) bond motifs is 1. The van der Waals surface area contributed by atoms with Crippen LogP contribution in [0.2, 0.25) is 0 Å². The smallest absolute Gasteiger partial charge is 0.0352 e. The minimum absolute atomic E-state index is 1.06. The van der Waals surface area contributed by atoms with Crippen LogP contribution < -0.4 is 0 Å². The molecule has 0 aromatic rings. The van der Waals surface area contributed by atoms with E-state index in [1.807, 2.05) is 0 Å². The largest absolute Gasteiger partial charge is 0.0527 e. The Labute approximate surface area is 51.3 Å². The van der Waals surface area contributed by atoms with Crippen LogP contribution in [0.1, 0.15) is 32.1 Å². The third-order valence-corrected chi connectivity index (χ3v) is 2.72. The van der Waals surface area contributed by atoms with Crippen LogP contribution >= 0.6 is 0 Å². The molecule has 0 aromatic heterocycles. The van der Waals surface area contributed by atoms with E-state index in [1.54, 1.807) is 0 Å². The van der Waals surface area contributed by atoms with Crippen LogP contribution in [0.4, 0.5) is 0 Å². The first-order chi connectivity index (χ1) is 3.97. The minimum Gasteiger partial charge on any atom is -0.0527 e. The molecule has 0 nitrogen and oxygen atoms in total. The highest BCUT2D eigenvalue weighted by Gasteiger charge is 2.32. The summed E-state index contributed by atoms with van der Waals surface area (Å²) in [6, 6.07) is 0. The van der Waals surface area contributed by atoms with Gasteiger partial charge < -0.3 is 0 Å². The van der Waals surface area contributed by atoms with Crippen molar-refractivity contribution in [1.82, 2.24) is 0 Å². The Hall–Kier alpha value is 0. The summed E-state index contributed by atoms with van der Waals surface area (Å²) in [5.41, 5.74) is 0. The molecule has 0 amide bonds. The summed E-state index contributed by atoms with van der Waals surface area (Å²) < 4.78 is 0. The summed E-state index contributed by atoms with van der Waals surface area (Å²) in [4.78, 5) is 0. The maximum Gasteiger partial charge on any atom is -0.0352 e. The first-order valence-electron chi connectivity index (χ1n) is 3.80. The quantitative estimate of drug-likeness (QED) is 0.448. The van der Waals surface area contributed by atoms with Crippen molar-refractivity contribution < 1.29 is 0 Å². The van der Waals surface area contributed by atoms with Gasteiger partial charge in [-0.3, -0.25) is 0 Å². The molecular formula is C8H13. The Morgan fingerprint density at radius 3 is 2.50 bits per heavy atom. The first-order valence-corrected chi connectivity index (χ1v) is 3.80. The van der Waals surface area contributed by atoms with Gasteiger partial charge in [0.15, 0.2) is 0 Å². The standard InChI is InChI=1S/C8H13/c1-2-4-8-6-5-7(8)3-1/h3,7-8H,1-2,4-6H2/t7?,8-/m0/s1. The highest BCUT2D eigenvalue weighted by Crippen LogP contribution is 2.43. The van der Waals surface area contributed by atoms with Crippen molar-refractivity contribution in [3.63, 3.8) is 0 Å². The summed E-state index contributed by atoms with van der Waals surface area (Å²) in [5, 5.41) is 0. The van der Waals surface area contributed by atoms with Crippen molar-refractivity contribution in [3.8, 4) is 0 Å². The maximum absolute atomic E-state index is 2.54. The highest BCUT2D eigenvalue weighted by atomic mass is 14.4. The van der Waals surface area contributed by atoms with Crippen LogP contribution in [0.5, 0.6) is 0 Å². The number of rotatable bonds is 0. The SMILES string of the molecule is [CH]1CCC[C@H]2CCC12. The molecule has 2 aliphatic carbocycles. The van der Waals surface area contributed by atoms with Gasteiger partial charge in [-0.1, -0.05) is 12.8 Å². The fourth-order valence-corrected chi connectivity index (χ4v) is 1.98. The normalized spacial score (nSPS) is 45.0. The molecule has 2 atom stereocenters. The Bertz CT molecular complexity index is 74.0. The summed E-state index contributed by atoms with van der Waals surface area (Å²) in [6.45, 7) is 0. The van der Waals surface area contributed by atoms with Gasteiger partial charge in [0, 0.05) is 0 Å². The van der Waals surface area contributed by atoms with E-state index in [0.29, 0.717) is 0 Å². The molecular weight excluding hydrogens is 96.1 g/mol. The second-order valence-corrected chi connectivity index (χ2v) is 3.17. The van der Waals surface area contributed by atoms with Gasteiger partial charge in [0.05, 0.1) is 0 Å². The summed E-state index contributed by atoms with van der Waals surface area (Å²) in [5.74, 6) is 2.19. The van der Waals surface area contributed by atoms with Crippen LogP contribution in [0.15, 0.2) is 0 Å². The van der Waals surface area contributed by atoms with E-state index in [-0.39, 0.29) is 0 Å². The molecule has 1 radical (unpaired) electrons. The minimum atomic E-state index is 1.06. The molecule has 0 N–H and O–H groups in total. The van der Waals surface area contributed by atoms with Gasteiger partial charge in [-0.25, -0.2) is 0 Å². The van der Waals surface area contributed by atoms with Gasteiger partial charge in [0.1, 0.15) is 0 Å². The predicted molar refractivity (Wildman–Crippen MR) is 34.4 cm³/mol. The third kappa shape index (κ3) is 0.586. The molecule has 1 unspecified atom stereocenters. The third-order valence-electron chi connectivity index (χ3n) is 2.72. The zero-order chi connectivity index (χ0) is 5.40. The Morgan fingerprint density at radius 2 is 2.12 bits per heavy atom. The lowest BCUT2D eigenvalue weighted by Crippen LogP contribution is -2.29. The molecule has 8 heavy (non-hydrogen) atoms. The molecule has 2 rings (SSSR count). The van der Waals surface area contributed by atoms with Crippen molar-refractivity contribution in [2.75, 3.05) is 0 Å². The molecule has 0 heterocycles. The Kier molecular flexibility index (Phi) is 1.06. The molecule has 2 saturated carbocycles. The average molecular weight is 109 g/mol. The fourth-order valence-electron chi connectivity index (χ4n) is 1.98. The first kappa shape index (κ1) is 4.84. The molecule has 0 heteroatoms. The van der Waals surface area contributed by atoms with E-state index in [0.717, 1.165) is 11.8 Å². The maximum atomic E-state index is 2.54. The molecule has 0 saturated heterocycles. The van der Waals surface area contributed by atoms with Crippen molar-refractivity contribution in [2.24, 2.45) is 11.8 Å². The van der Waals surface area contributed by atoms with Crippen molar-refractivity contribution >= 4 is 0 Å². The zero-order valence-corrected chi connectivity index (χ0v) is 5.27. The number of hydrogen-bond acceptors (Lipinski definition) is 0. The number of hydrogen-bond donors (Lipinski definition) is 0. The molecule has 0 bridgehead atoms. The van der Waals surface area contributed by atoms with E-state index < -0.39 is 0 Å². The second kappa shape index (κ2) is 1.75. The molecule has 2 aliphatic rings. The summed E-state index contributed by atoms with van der Waals surface area (Å²) in [7, 11) is 0. The zero-order valence-electron chi connectivity index (χ0n) is 5.27. The topological polar surface area (TPSA) is 0 Å². The van der Waals surface area contributed by atoms with E-state index in [2.05, 4.69) is 6.42 Å². The molecule has 0 spiro atoms. The van der Waals surface area contributed by atoms with Crippen LogP contribution in [-0.2, 0) is 0 Å². The van der Waals surface area contributed by atoms with Crippen LogP contribution in [0, 0.1) is 18.3 Å². The molecule has 45 valence electrons.